The maximum absolute atomic E-state index is 11.4. The predicted molar refractivity (Wildman–Crippen MR) is 59.6 cm³/mol. The number of carboxylic acid groups (broad SMARTS) is 1. The number of hydrogen-bond donors (Lipinski definition) is 3. The number of hydrogen-bond acceptors (Lipinski definition) is 4. The smallest absolute Gasteiger partial charge is 0.303 e. The molecular formula is C10H13N3O4. The van der Waals surface area contributed by atoms with Gasteiger partial charge in [-0.3, -0.25) is 14.4 Å². The highest BCUT2D eigenvalue weighted by Gasteiger charge is 2.04. The number of unbranched alkanes of at least 4 members (excludes halogenated alkanes) is 1. The Morgan fingerprint density at radius 1 is 1.29 bits per heavy atom. The Balaban J connectivity index is 2.27. The minimum Gasteiger partial charge on any atom is -0.481 e. The molecule has 0 spiro atoms. The van der Waals surface area contributed by atoms with Crippen molar-refractivity contribution in [1.82, 2.24) is 10.2 Å². The molecule has 0 unspecified atom stereocenters. The standard InChI is InChI=1S/C10H13N3O4/c14-8(3-1-2-4-10(16)17)11-7-5-6-9(15)13-12-7/h5-6H,1-4H2,(H,13,15)(H,16,17)(H,11,12,14). The summed E-state index contributed by atoms with van der Waals surface area (Å²) < 4.78 is 0. The second kappa shape index (κ2) is 6.41. The van der Waals surface area contributed by atoms with Crippen molar-refractivity contribution in [2.45, 2.75) is 25.7 Å². The molecule has 1 amide bonds. The molecule has 3 N–H and O–H groups in total. The van der Waals surface area contributed by atoms with Crippen LogP contribution in [0.4, 0.5) is 5.82 Å². The lowest BCUT2D eigenvalue weighted by Crippen LogP contribution is -2.15. The lowest BCUT2D eigenvalue weighted by Gasteiger charge is -2.02. The van der Waals surface area contributed by atoms with Crippen LogP contribution in [-0.4, -0.2) is 27.2 Å². The van der Waals surface area contributed by atoms with Crippen LogP contribution >= 0.6 is 0 Å². The number of carbonyl (C=O) groups excluding carboxylic acids is 1. The third kappa shape index (κ3) is 5.45. The minimum absolute atomic E-state index is 0.0597. The number of amides is 1. The fraction of sp³-hybridized carbons (Fsp3) is 0.400. The average Bonchev–Trinajstić information content (AvgIpc) is 2.27. The highest BCUT2D eigenvalue weighted by atomic mass is 16.4. The zero-order valence-corrected chi connectivity index (χ0v) is 9.10. The normalized spacial score (nSPS) is 9.88. The maximum Gasteiger partial charge on any atom is 0.303 e. The van der Waals surface area contributed by atoms with Crippen LogP contribution in [0.15, 0.2) is 16.9 Å². The Bertz CT molecular complexity index is 435. The Morgan fingerprint density at radius 2 is 2.00 bits per heavy atom. The molecule has 17 heavy (non-hydrogen) atoms. The molecule has 0 radical (unpaired) electrons. The molecule has 0 fully saturated rings. The van der Waals surface area contributed by atoms with Crippen molar-refractivity contribution in [3.8, 4) is 0 Å². The van der Waals surface area contributed by atoms with Gasteiger partial charge in [0.2, 0.25) is 5.91 Å². The van der Waals surface area contributed by atoms with Gasteiger partial charge in [-0.25, -0.2) is 5.10 Å². The molecule has 0 atom stereocenters. The molecule has 1 rings (SSSR count). The molecule has 1 heterocycles. The molecule has 1 aromatic rings. The van der Waals surface area contributed by atoms with Gasteiger partial charge in [-0.05, 0) is 18.9 Å². The highest BCUT2D eigenvalue weighted by Crippen LogP contribution is 2.03. The fourth-order valence-electron chi connectivity index (χ4n) is 1.18. The van der Waals surface area contributed by atoms with Crippen LogP contribution in [0.25, 0.3) is 0 Å². The molecule has 1 aromatic heterocycles. The maximum atomic E-state index is 11.4. The summed E-state index contributed by atoms with van der Waals surface area (Å²) in [7, 11) is 0. The van der Waals surface area contributed by atoms with E-state index in [1.807, 2.05) is 0 Å². The van der Waals surface area contributed by atoms with Gasteiger partial charge in [-0.1, -0.05) is 0 Å². The third-order valence-corrected chi connectivity index (χ3v) is 1.99. The summed E-state index contributed by atoms with van der Waals surface area (Å²) in [4.78, 5) is 32.3. The van der Waals surface area contributed by atoms with Gasteiger partial charge in [0, 0.05) is 18.9 Å². The van der Waals surface area contributed by atoms with Crippen LogP contribution in [0.2, 0.25) is 0 Å². The molecule has 0 bridgehead atoms. The van der Waals surface area contributed by atoms with E-state index in [2.05, 4.69) is 15.5 Å². The Kier molecular flexibility index (Phi) is 4.86. The van der Waals surface area contributed by atoms with Gasteiger partial charge in [0.25, 0.3) is 5.56 Å². The van der Waals surface area contributed by atoms with Crippen LogP contribution in [0, 0.1) is 0 Å². The van der Waals surface area contributed by atoms with E-state index in [4.69, 9.17) is 5.11 Å². The van der Waals surface area contributed by atoms with Crippen LogP contribution in [0.5, 0.6) is 0 Å². The number of carbonyl (C=O) groups is 2. The van der Waals surface area contributed by atoms with Crippen molar-refractivity contribution in [2.75, 3.05) is 5.32 Å². The van der Waals surface area contributed by atoms with E-state index < -0.39 is 5.97 Å². The Morgan fingerprint density at radius 3 is 2.59 bits per heavy atom. The first-order valence-electron chi connectivity index (χ1n) is 5.15. The number of H-pyrrole nitrogens is 1. The molecule has 0 aromatic carbocycles. The topological polar surface area (TPSA) is 112 Å². The van der Waals surface area contributed by atoms with Gasteiger partial charge >= 0.3 is 5.97 Å². The van der Waals surface area contributed by atoms with Crippen molar-refractivity contribution in [3.05, 3.63) is 22.5 Å². The summed E-state index contributed by atoms with van der Waals surface area (Å²) >= 11 is 0. The van der Waals surface area contributed by atoms with Crippen LogP contribution in [0.1, 0.15) is 25.7 Å². The largest absolute Gasteiger partial charge is 0.481 e. The summed E-state index contributed by atoms with van der Waals surface area (Å²) in [5.41, 5.74) is -0.343. The summed E-state index contributed by atoms with van der Waals surface area (Å²) in [6.07, 6.45) is 1.25. The van der Waals surface area contributed by atoms with E-state index >= 15 is 0 Å². The third-order valence-electron chi connectivity index (χ3n) is 1.99. The molecule has 0 saturated heterocycles. The van der Waals surface area contributed by atoms with Crippen LogP contribution in [0.3, 0.4) is 0 Å². The fourth-order valence-corrected chi connectivity index (χ4v) is 1.18. The lowest BCUT2D eigenvalue weighted by molar-refractivity contribution is -0.137. The Labute approximate surface area is 96.9 Å². The molecule has 0 saturated carbocycles. The van der Waals surface area contributed by atoms with Gasteiger partial charge in [-0.2, -0.15) is 5.10 Å². The summed E-state index contributed by atoms with van der Waals surface area (Å²) in [6, 6.07) is 2.65. The quantitative estimate of drug-likeness (QED) is 0.620. The number of aromatic nitrogens is 2. The zero-order chi connectivity index (χ0) is 12.7. The van der Waals surface area contributed by atoms with Crippen molar-refractivity contribution in [2.24, 2.45) is 0 Å². The molecule has 7 heteroatoms. The number of anilines is 1. The van der Waals surface area contributed by atoms with Gasteiger partial charge in [0.15, 0.2) is 5.82 Å². The van der Waals surface area contributed by atoms with E-state index in [1.165, 1.54) is 12.1 Å². The van der Waals surface area contributed by atoms with Gasteiger partial charge in [-0.15, -0.1) is 0 Å². The predicted octanol–water partition coefficient (Wildman–Crippen LogP) is 0.353. The number of aliphatic carboxylic acids is 1. The van der Waals surface area contributed by atoms with Crippen molar-refractivity contribution < 1.29 is 14.7 Å². The number of carboxylic acids is 1. The lowest BCUT2D eigenvalue weighted by atomic mass is 10.2. The summed E-state index contributed by atoms with van der Waals surface area (Å²) in [5, 5.41) is 16.7. The number of aromatic amines is 1. The van der Waals surface area contributed by atoms with Crippen molar-refractivity contribution >= 4 is 17.7 Å². The molecule has 0 aliphatic carbocycles. The van der Waals surface area contributed by atoms with E-state index in [0.717, 1.165) is 0 Å². The average molecular weight is 239 g/mol. The summed E-state index contributed by atoms with van der Waals surface area (Å²) in [6.45, 7) is 0. The number of nitrogens with one attached hydrogen (secondary N) is 2. The number of rotatable bonds is 6. The molecule has 7 nitrogen and oxygen atoms in total. The molecular weight excluding hydrogens is 226 g/mol. The second-order valence-corrected chi connectivity index (χ2v) is 3.46. The highest BCUT2D eigenvalue weighted by molar-refractivity contribution is 5.89. The van der Waals surface area contributed by atoms with E-state index in [-0.39, 0.29) is 30.1 Å². The zero-order valence-electron chi connectivity index (χ0n) is 9.10. The Hall–Kier alpha value is -2.18. The monoisotopic (exact) mass is 239 g/mol. The summed E-state index contributed by atoms with van der Waals surface area (Å²) in [5.74, 6) is -0.851. The second-order valence-electron chi connectivity index (χ2n) is 3.46. The first-order valence-corrected chi connectivity index (χ1v) is 5.15. The molecule has 92 valence electrons. The van der Waals surface area contributed by atoms with Gasteiger partial charge in [0.1, 0.15) is 0 Å². The van der Waals surface area contributed by atoms with Crippen LogP contribution < -0.4 is 10.9 Å². The van der Waals surface area contributed by atoms with E-state index in [9.17, 15) is 14.4 Å². The first-order chi connectivity index (χ1) is 8.08. The van der Waals surface area contributed by atoms with Crippen LogP contribution in [-0.2, 0) is 9.59 Å². The minimum atomic E-state index is -0.868. The van der Waals surface area contributed by atoms with Gasteiger partial charge in [0.05, 0.1) is 0 Å². The van der Waals surface area contributed by atoms with Crippen molar-refractivity contribution in [1.29, 1.82) is 0 Å². The number of nitrogens with zero attached hydrogens (tertiary/aromatic N) is 1. The first kappa shape index (κ1) is 12.9. The van der Waals surface area contributed by atoms with E-state index in [0.29, 0.717) is 12.8 Å². The molecule has 0 aliphatic rings. The van der Waals surface area contributed by atoms with Crippen molar-refractivity contribution in [3.63, 3.8) is 0 Å². The molecule has 0 aliphatic heterocycles. The SMILES string of the molecule is O=C(O)CCCCC(=O)Nc1ccc(=O)[nH]n1. The van der Waals surface area contributed by atoms with Gasteiger partial charge < -0.3 is 10.4 Å². The van der Waals surface area contributed by atoms with E-state index in [1.54, 1.807) is 0 Å².